The van der Waals surface area contributed by atoms with Crippen LogP contribution in [0.1, 0.15) is 26.5 Å². The lowest BCUT2D eigenvalue weighted by molar-refractivity contribution is -0.146. The Morgan fingerprint density at radius 3 is 2.00 bits per heavy atom. The number of hydrogen-bond donors (Lipinski definition) is 0. The third-order valence-electron chi connectivity index (χ3n) is 2.88. The molecule has 0 fully saturated rings. The van der Waals surface area contributed by atoms with E-state index in [0.717, 1.165) is 0 Å². The monoisotopic (exact) mass is 234 g/mol. The van der Waals surface area contributed by atoms with Gasteiger partial charge in [0.05, 0.1) is 5.69 Å². The maximum absolute atomic E-state index is 11.7. The van der Waals surface area contributed by atoms with Crippen LogP contribution in [0, 0.1) is 5.41 Å². The second-order valence-corrected chi connectivity index (χ2v) is 3.97. The Balaban J connectivity index is 3.21. The van der Waals surface area contributed by atoms with Crippen molar-refractivity contribution in [3.63, 3.8) is 0 Å². The third kappa shape index (κ3) is 2.43. The van der Waals surface area contributed by atoms with Crippen LogP contribution in [0.3, 0.4) is 0 Å². The van der Waals surface area contributed by atoms with Gasteiger partial charge >= 0.3 is 0 Å². The molecule has 0 aliphatic carbocycles. The van der Waals surface area contributed by atoms with E-state index in [1.54, 1.807) is 12.1 Å². The van der Waals surface area contributed by atoms with E-state index in [1.807, 2.05) is 0 Å². The molecule has 0 aliphatic rings. The van der Waals surface area contributed by atoms with Gasteiger partial charge in [-0.25, -0.2) is 0 Å². The van der Waals surface area contributed by atoms with Crippen LogP contribution in [-0.4, -0.2) is 27.5 Å². The van der Waals surface area contributed by atoms with Gasteiger partial charge in [-0.3, -0.25) is 14.4 Å². The molecule has 0 saturated heterocycles. The molecule has 5 heteroatoms. The smallest absolute Gasteiger partial charge is 0.151 e. The Labute approximate surface area is 99.2 Å². The van der Waals surface area contributed by atoms with E-state index in [9.17, 15) is 14.4 Å². The number of carbonyl (C=O) groups is 3. The number of Topliss-reactive ketones (excluding diaryl/α,β-unsaturated/α-hetero) is 3. The molecule has 1 rings (SSSR count). The molecule has 0 amide bonds. The standard InChI is InChI=1S/C12H14N2O3/c1-8(15)12(9(2)16,10(3)17)7-11-5-4-6-13-14-11/h4-6H,7H2,1-3H3. The quantitative estimate of drug-likeness (QED) is 0.703. The van der Waals surface area contributed by atoms with Crippen LogP contribution in [0.2, 0.25) is 0 Å². The van der Waals surface area contributed by atoms with Crippen molar-refractivity contribution in [1.29, 1.82) is 0 Å². The summed E-state index contributed by atoms with van der Waals surface area (Å²) in [6.07, 6.45) is 1.46. The van der Waals surface area contributed by atoms with Gasteiger partial charge in [-0.15, -0.1) is 0 Å². The van der Waals surface area contributed by atoms with Crippen molar-refractivity contribution >= 4 is 17.3 Å². The Bertz CT molecular complexity index is 418. The van der Waals surface area contributed by atoms with Gasteiger partial charge in [-0.05, 0) is 32.9 Å². The molecule has 0 N–H and O–H groups in total. The van der Waals surface area contributed by atoms with Crippen molar-refractivity contribution < 1.29 is 14.4 Å². The molecule has 0 bridgehead atoms. The van der Waals surface area contributed by atoms with E-state index >= 15 is 0 Å². The molecular formula is C12H14N2O3. The minimum absolute atomic E-state index is 0.0269. The molecule has 0 atom stereocenters. The largest absolute Gasteiger partial charge is 0.298 e. The molecule has 0 spiro atoms. The average molecular weight is 234 g/mol. The molecule has 1 aromatic rings. The van der Waals surface area contributed by atoms with Crippen LogP contribution >= 0.6 is 0 Å². The summed E-state index contributed by atoms with van der Waals surface area (Å²) in [5.74, 6) is -1.37. The van der Waals surface area contributed by atoms with E-state index in [1.165, 1.54) is 27.0 Å². The number of aromatic nitrogens is 2. The number of nitrogens with zero attached hydrogens (tertiary/aromatic N) is 2. The highest BCUT2D eigenvalue weighted by Gasteiger charge is 2.45. The summed E-state index contributed by atoms with van der Waals surface area (Å²) in [6.45, 7) is 3.75. The lowest BCUT2D eigenvalue weighted by Crippen LogP contribution is -2.45. The Morgan fingerprint density at radius 2 is 1.65 bits per heavy atom. The molecule has 1 heterocycles. The topological polar surface area (TPSA) is 77.0 Å². The van der Waals surface area contributed by atoms with E-state index in [2.05, 4.69) is 10.2 Å². The maximum atomic E-state index is 11.7. The highest BCUT2D eigenvalue weighted by atomic mass is 16.2. The molecule has 17 heavy (non-hydrogen) atoms. The number of hydrogen-bond acceptors (Lipinski definition) is 5. The van der Waals surface area contributed by atoms with Crippen LogP contribution in [0.4, 0.5) is 0 Å². The molecular weight excluding hydrogens is 220 g/mol. The van der Waals surface area contributed by atoms with Gasteiger partial charge in [0.2, 0.25) is 0 Å². The summed E-state index contributed by atoms with van der Waals surface area (Å²) >= 11 is 0. The van der Waals surface area contributed by atoms with Crippen LogP contribution < -0.4 is 0 Å². The van der Waals surface area contributed by atoms with Crippen molar-refractivity contribution in [2.24, 2.45) is 5.41 Å². The first kappa shape index (κ1) is 13.2. The summed E-state index contributed by atoms with van der Waals surface area (Å²) in [5.41, 5.74) is -1.16. The Kier molecular flexibility index (Phi) is 3.83. The minimum atomic E-state index is -1.62. The first-order chi connectivity index (χ1) is 7.91. The van der Waals surface area contributed by atoms with E-state index < -0.39 is 22.8 Å². The summed E-state index contributed by atoms with van der Waals surface area (Å²) in [4.78, 5) is 35.0. The maximum Gasteiger partial charge on any atom is 0.151 e. The van der Waals surface area contributed by atoms with Crippen LogP contribution in [-0.2, 0) is 20.8 Å². The Morgan fingerprint density at radius 1 is 1.12 bits per heavy atom. The van der Waals surface area contributed by atoms with Gasteiger partial charge in [-0.2, -0.15) is 10.2 Å². The zero-order chi connectivity index (χ0) is 13.1. The van der Waals surface area contributed by atoms with Gasteiger partial charge in [0.15, 0.2) is 17.3 Å². The zero-order valence-electron chi connectivity index (χ0n) is 10.1. The van der Waals surface area contributed by atoms with E-state index in [4.69, 9.17) is 0 Å². The van der Waals surface area contributed by atoms with Gasteiger partial charge < -0.3 is 0 Å². The van der Waals surface area contributed by atoms with Crippen molar-refractivity contribution in [1.82, 2.24) is 10.2 Å². The third-order valence-corrected chi connectivity index (χ3v) is 2.88. The molecule has 0 aromatic carbocycles. The van der Waals surface area contributed by atoms with Gasteiger partial charge in [-0.1, -0.05) is 0 Å². The minimum Gasteiger partial charge on any atom is -0.298 e. The second-order valence-electron chi connectivity index (χ2n) is 3.97. The molecule has 5 nitrogen and oxygen atoms in total. The molecule has 0 unspecified atom stereocenters. The fourth-order valence-electron chi connectivity index (χ4n) is 1.82. The highest BCUT2D eigenvalue weighted by Crippen LogP contribution is 2.26. The van der Waals surface area contributed by atoms with Crippen molar-refractivity contribution in [3.8, 4) is 0 Å². The predicted molar refractivity (Wildman–Crippen MR) is 60.2 cm³/mol. The fraction of sp³-hybridized carbons (Fsp3) is 0.417. The molecule has 0 radical (unpaired) electrons. The number of carbonyl (C=O) groups excluding carboxylic acids is 3. The predicted octanol–water partition coefficient (Wildman–Crippen LogP) is 0.772. The number of rotatable bonds is 5. The summed E-state index contributed by atoms with van der Waals surface area (Å²) < 4.78 is 0. The van der Waals surface area contributed by atoms with Crippen LogP contribution in [0.5, 0.6) is 0 Å². The fourth-order valence-corrected chi connectivity index (χ4v) is 1.82. The normalized spacial score (nSPS) is 11.0. The molecule has 0 aliphatic heterocycles. The highest BCUT2D eigenvalue weighted by molar-refractivity contribution is 6.22. The summed E-state index contributed by atoms with van der Waals surface area (Å²) in [6, 6.07) is 3.28. The SMILES string of the molecule is CC(=O)C(Cc1cccnn1)(C(C)=O)C(C)=O. The van der Waals surface area contributed by atoms with Gasteiger partial charge in [0.25, 0.3) is 0 Å². The molecule has 90 valence electrons. The van der Waals surface area contributed by atoms with Crippen LogP contribution in [0.15, 0.2) is 18.3 Å². The lowest BCUT2D eigenvalue weighted by atomic mass is 9.73. The molecule has 1 aromatic heterocycles. The average Bonchev–Trinajstić information content (AvgIpc) is 2.25. The van der Waals surface area contributed by atoms with Gasteiger partial charge in [0, 0.05) is 12.6 Å². The van der Waals surface area contributed by atoms with E-state index in [-0.39, 0.29) is 6.42 Å². The summed E-state index contributed by atoms with van der Waals surface area (Å²) in [5, 5.41) is 7.47. The number of ketones is 3. The van der Waals surface area contributed by atoms with E-state index in [0.29, 0.717) is 5.69 Å². The molecule has 0 saturated carbocycles. The Hall–Kier alpha value is -1.91. The first-order valence-electron chi connectivity index (χ1n) is 5.21. The van der Waals surface area contributed by atoms with Gasteiger partial charge in [0.1, 0.15) is 5.41 Å². The lowest BCUT2D eigenvalue weighted by Gasteiger charge is -2.24. The van der Waals surface area contributed by atoms with Crippen molar-refractivity contribution in [2.45, 2.75) is 27.2 Å². The summed E-state index contributed by atoms with van der Waals surface area (Å²) in [7, 11) is 0. The first-order valence-corrected chi connectivity index (χ1v) is 5.21. The van der Waals surface area contributed by atoms with Crippen LogP contribution in [0.25, 0.3) is 0 Å². The zero-order valence-corrected chi connectivity index (χ0v) is 10.1. The van der Waals surface area contributed by atoms with Crippen molar-refractivity contribution in [3.05, 3.63) is 24.0 Å². The van der Waals surface area contributed by atoms with Crippen molar-refractivity contribution in [2.75, 3.05) is 0 Å². The second kappa shape index (κ2) is 4.95.